The van der Waals surface area contributed by atoms with E-state index < -0.39 is 0 Å². The highest BCUT2D eigenvalue weighted by atomic mass is 16.5. The van der Waals surface area contributed by atoms with Crippen molar-refractivity contribution in [3.05, 3.63) is 29.3 Å². The van der Waals surface area contributed by atoms with Gasteiger partial charge in [-0.25, -0.2) is 0 Å². The summed E-state index contributed by atoms with van der Waals surface area (Å²) in [5, 5.41) is 3.54. The predicted molar refractivity (Wildman–Crippen MR) is 67.1 cm³/mol. The summed E-state index contributed by atoms with van der Waals surface area (Å²) in [6, 6.07) is 6.93. The maximum Gasteiger partial charge on any atom is 0.123 e. The monoisotopic (exact) mass is 219 g/mol. The number of nitrogens with one attached hydrogen (secondary N) is 1. The van der Waals surface area contributed by atoms with Crippen LogP contribution < -0.4 is 10.1 Å². The summed E-state index contributed by atoms with van der Waals surface area (Å²) in [6.45, 7) is 8.26. The molecule has 0 radical (unpaired) electrons. The van der Waals surface area contributed by atoms with Crippen LogP contribution in [0.3, 0.4) is 0 Å². The maximum atomic E-state index is 5.72. The van der Waals surface area contributed by atoms with Crippen LogP contribution in [0.5, 0.6) is 5.75 Å². The van der Waals surface area contributed by atoms with E-state index in [4.69, 9.17) is 4.74 Å². The molecule has 0 amide bonds. The van der Waals surface area contributed by atoms with E-state index in [2.05, 4.69) is 37.4 Å². The molecule has 1 aliphatic rings. The van der Waals surface area contributed by atoms with Gasteiger partial charge in [-0.2, -0.15) is 0 Å². The van der Waals surface area contributed by atoms with E-state index in [1.54, 1.807) is 0 Å². The highest BCUT2D eigenvalue weighted by molar-refractivity contribution is 5.47. The van der Waals surface area contributed by atoms with E-state index in [1.165, 1.54) is 17.5 Å². The minimum absolute atomic E-state index is 0.510. The average Bonchev–Trinajstić information content (AvgIpc) is 2.58. The molecule has 0 heterocycles. The van der Waals surface area contributed by atoms with E-state index in [0.29, 0.717) is 12.0 Å². The zero-order chi connectivity index (χ0) is 11.5. The van der Waals surface area contributed by atoms with E-state index in [0.717, 1.165) is 18.9 Å². The van der Waals surface area contributed by atoms with Gasteiger partial charge >= 0.3 is 0 Å². The third-order valence-electron chi connectivity index (χ3n) is 3.31. The summed E-state index contributed by atoms with van der Waals surface area (Å²) in [6.07, 6.45) is 1.19. The molecule has 2 heteroatoms. The molecule has 2 rings (SSSR count). The molecule has 16 heavy (non-hydrogen) atoms. The predicted octanol–water partition coefficient (Wildman–Crippen LogP) is 3.24. The first-order chi connectivity index (χ1) is 7.77. The Labute approximate surface area is 98.0 Å². The molecule has 2 atom stereocenters. The van der Waals surface area contributed by atoms with E-state index >= 15 is 0 Å². The molecule has 1 aromatic rings. The summed E-state index contributed by atoms with van der Waals surface area (Å²) in [5.74, 6) is 1.68. The van der Waals surface area contributed by atoms with Gasteiger partial charge in [-0.15, -0.1) is 0 Å². The van der Waals surface area contributed by atoms with Gasteiger partial charge in [0.15, 0.2) is 0 Å². The Morgan fingerprint density at radius 2 is 2.19 bits per heavy atom. The van der Waals surface area contributed by atoms with Crippen molar-refractivity contribution >= 4 is 0 Å². The van der Waals surface area contributed by atoms with Gasteiger partial charge in [0.25, 0.3) is 0 Å². The Balaban J connectivity index is 2.35. The van der Waals surface area contributed by atoms with Gasteiger partial charge in [-0.05, 0) is 37.4 Å². The Morgan fingerprint density at radius 1 is 1.38 bits per heavy atom. The molecular weight excluding hydrogens is 198 g/mol. The zero-order valence-corrected chi connectivity index (χ0v) is 10.4. The Kier molecular flexibility index (Phi) is 3.49. The zero-order valence-electron chi connectivity index (χ0n) is 10.4. The molecular formula is C14H21NO. The molecule has 0 spiro atoms. The van der Waals surface area contributed by atoms with Crippen LogP contribution in [0, 0.1) is 0 Å². The lowest BCUT2D eigenvalue weighted by molar-refractivity contribution is 0.335. The smallest absolute Gasteiger partial charge is 0.123 e. The Bertz CT molecular complexity index is 362. The van der Waals surface area contributed by atoms with Gasteiger partial charge in [0.05, 0.1) is 6.61 Å². The fourth-order valence-corrected chi connectivity index (χ4v) is 2.71. The van der Waals surface area contributed by atoms with Crippen LogP contribution in [0.25, 0.3) is 0 Å². The second-order valence-electron chi connectivity index (χ2n) is 4.44. The van der Waals surface area contributed by atoms with E-state index in [-0.39, 0.29) is 0 Å². The highest BCUT2D eigenvalue weighted by Gasteiger charge is 2.30. The van der Waals surface area contributed by atoms with Gasteiger partial charge in [0.1, 0.15) is 5.75 Å². The molecule has 0 bridgehead atoms. The summed E-state index contributed by atoms with van der Waals surface area (Å²) < 4.78 is 5.72. The standard InChI is InChI=1S/C14H21NO/c1-4-15-12-9-10(3)14-11(12)7-6-8-13(14)16-5-2/h6-8,10,12,15H,4-5,9H2,1-3H3. The highest BCUT2D eigenvalue weighted by Crippen LogP contribution is 2.44. The van der Waals surface area contributed by atoms with Crippen molar-refractivity contribution in [2.24, 2.45) is 0 Å². The van der Waals surface area contributed by atoms with Gasteiger partial charge < -0.3 is 10.1 Å². The molecule has 1 aromatic carbocycles. The molecule has 0 saturated heterocycles. The number of hydrogen-bond acceptors (Lipinski definition) is 2. The Morgan fingerprint density at radius 3 is 2.88 bits per heavy atom. The minimum Gasteiger partial charge on any atom is -0.494 e. The van der Waals surface area contributed by atoms with E-state index in [9.17, 15) is 0 Å². The van der Waals surface area contributed by atoms with Crippen LogP contribution in [0.1, 0.15) is 50.3 Å². The largest absolute Gasteiger partial charge is 0.494 e. The molecule has 1 N–H and O–H groups in total. The van der Waals surface area contributed by atoms with Crippen LogP contribution in [0.15, 0.2) is 18.2 Å². The van der Waals surface area contributed by atoms with Crippen molar-refractivity contribution in [2.45, 2.75) is 39.2 Å². The fraction of sp³-hybridized carbons (Fsp3) is 0.571. The minimum atomic E-state index is 0.510. The second-order valence-corrected chi connectivity index (χ2v) is 4.44. The van der Waals surface area contributed by atoms with Crippen LogP contribution in [-0.2, 0) is 0 Å². The van der Waals surface area contributed by atoms with E-state index in [1.807, 2.05) is 6.92 Å². The van der Waals surface area contributed by atoms with Gasteiger partial charge in [0, 0.05) is 11.6 Å². The first-order valence-corrected chi connectivity index (χ1v) is 6.26. The van der Waals surface area contributed by atoms with Crippen LogP contribution in [0.2, 0.25) is 0 Å². The van der Waals surface area contributed by atoms with Gasteiger partial charge in [-0.1, -0.05) is 26.0 Å². The summed E-state index contributed by atoms with van der Waals surface area (Å²) >= 11 is 0. The van der Waals surface area contributed by atoms with Crippen LogP contribution in [0.4, 0.5) is 0 Å². The molecule has 1 aliphatic carbocycles. The van der Waals surface area contributed by atoms with Crippen molar-refractivity contribution < 1.29 is 4.74 Å². The topological polar surface area (TPSA) is 21.3 Å². The molecule has 88 valence electrons. The summed E-state index contributed by atoms with van der Waals surface area (Å²) in [7, 11) is 0. The van der Waals surface area contributed by atoms with Crippen LogP contribution in [-0.4, -0.2) is 13.2 Å². The van der Waals surface area contributed by atoms with Crippen molar-refractivity contribution in [2.75, 3.05) is 13.2 Å². The van der Waals surface area contributed by atoms with Gasteiger partial charge in [-0.3, -0.25) is 0 Å². The first kappa shape index (κ1) is 11.5. The summed E-state index contributed by atoms with van der Waals surface area (Å²) in [4.78, 5) is 0. The third-order valence-corrected chi connectivity index (χ3v) is 3.31. The molecule has 0 saturated carbocycles. The number of hydrogen-bond donors (Lipinski definition) is 1. The normalized spacial score (nSPS) is 23.2. The number of benzene rings is 1. The average molecular weight is 219 g/mol. The lowest BCUT2D eigenvalue weighted by Crippen LogP contribution is -2.18. The van der Waals surface area contributed by atoms with Crippen molar-refractivity contribution in [3.63, 3.8) is 0 Å². The van der Waals surface area contributed by atoms with Crippen molar-refractivity contribution in [1.29, 1.82) is 0 Å². The maximum absolute atomic E-state index is 5.72. The third kappa shape index (κ3) is 1.94. The number of ether oxygens (including phenoxy) is 1. The lowest BCUT2D eigenvalue weighted by Gasteiger charge is -2.13. The fourth-order valence-electron chi connectivity index (χ4n) is 2.71. The number of rotatable bonds is 4. The quantitative estimate of drug-likeness (QED) is 0.839. The molecule has 0 fully saturated rings. The second kappa shape index (κ2) is 4.88. The lowest BCUT2D eigenvalue weighted by atomic mass is 10.0. The molecule has 2 unspecified atom stereocenters. The van der Waals surface area contributed by atoms with Crippen molar-refractivity contribution in [1.82, 2.24) is 5.32 Å². The number of fused-ring (bicyclic) bond motifs is 1. The summed E-state index contributed by atoms with van der Waals surface area (Å²) in [5.41, 5.74) is 2.84. The van der Waals surface area contributed by atoms with Crippen molar-refractivity contribution in [3.8, 4) is 5.75 Å². The molecule has 0 aliphatic heterocycles. The van der Waals surface area contributed by atoms with Gasteiger partial charge in [0.2, 0.25) is 0 Å². The Hall–Kier alpha value is -1.02. The molecule has 2 nitrogen and oxygen atoms in total. The van der Waals surface area contributed by atoms with Crippen LogP contribution >= 0.6 is 0 Å². The molecule has 0 aromatic heterocycles. The SMILES string of the molecule is CCNC1CC(C)c2c(OCC)cccc21. The first-order valence-electron chi connectivity index (χ1n) is 6.26.